The highest BCUT2D eigenvalue weighted by Crippen LogP contribution is 2.15. The standard InChI is InChI=1S/C11H13NO3/c12-11(13)5-8-1-3-9(4-2-8)14-6-10-7-15-10/h1-4,10H,5-7H2,(H2,12,13). The van der Waals surface area contributed by atoms with Crippen LogP contribution in [0.3, 0.4) is 0 Å². The van der Waals surface area contributed by atoms with Crippen LogP contribution in [0.2, 0.25) is 0 Å². The highest BCUT2D eigenvalue weighted by molar-refractivity contribution is 5.76. The summed E-state index contributed by atoms with van der Waals surface area (Å²) in [5.74, 6) is 0.466. The molecule has 0 aromatic heterocycles. The Kier molecular flexibility index (Phi) is 2.87. The van der Waals surface area contributed by atoms with Crippen LogP contribution in [-0.2, 0) is 16.0 Å². The molecule has 1 fully saturated rings. The second kappa shape index (κ2) is 4.31. The topological polar surface area (TPSA) is 64.9 Å². The number of nitrogens with two attached hydrogens (primary N) is 1. The second-order valence-electron chi connectivity index (χ2n) is 3.55. The van der Waals surface area contributed by atoms with Gasteiger partial charge in [-0.1, -0.05) is 12.1 Å². The van der Waals surface area contributed by atoms with E-state index in [1.54, 1.807) is 0 Å². The monoisotopic (exact) mass is 207 g/mol. The molecular weight excluding hydrogens is 194 g/mol. The first-order valence-corrected chi connectivity index (χ1v) is 4.85. The Morgan fingerprint density at radius 2 is 2.13 bits per heavy atom. The quantitative estimate of drug-likeness (QED) is 0.715. The molecule has 0 aliphatic carbocycles. The fraction of sp³-hybridized carbons (Fsp3) is 0.364. The van der Waals surface area contributed by atoms with Gasteiger partial charge in [0.15, 0.2) is 0 Å². The van der Waals surface area contributed by atoms with Crippen molar-refractivity contribution in [2.75, 3.05) is 13.2 Å². The second-order valence-corrected chi connectivity index (χ2v) is 3.55. The lowest BCUT2D eigenvalue weighted by Gasteiger charge is -2.04. The fourth-order valence-electron chi connectivity index (χ4n) is 1.26. The van der Waals surface area contributed by atoms with Crippen molar-refractivity contribution in [2.24, 2.45) is 5.73 Å². The maximum Gasteiger partial charge on any atom is 0.221 e. The number of carbonyl (C=O) groups excluding carboxylic acids is 1. The Morgan fingerprint density at radius 1 is 1.47 bits per heavy atom. The number of primary amides is 1. The zero-order valence-electron chi connectivity index (χ0n) is 8.31. The van der Waals surface area contributed by atoms with Crippen LogP contribution in [-0.4, -0.2) is 25.2 Å². The molecule has 4 heteroatoms. The van der Waals surface area contributed by atoms with Crippen LogP contribution in [0.1, 0.15) is 5.56 Å². The molecule has 0 spiro atoms. The summed E-state index contributed by atoms with van der Waals surface area (Å²) in [5, 5.41) is 0. The van der Waals surface area contributed by atoms with Crippen LogP contribution in [0.15, 0.2) is 24.3 Å². The van der Waals surface area contributed by atoms with Gasteiger partial charge >= 0.3 is 0 Å². The molecule has 4 nitrogen and oxygen atoms in total. The van der Waals surface area contributed by atoms with Crippen molar-refractivity contribution in [3.63, 3.8) is 0 Å². The summed E-state index contributed by atoms with van der Waals surface area (Å²) in [4.78, 5) is 10.7. The van der Waals surface area contributed by atoms with Crippen LogP contribution < -0.4 is 10.5 Å². The first-order chi connectivity index (χ1) is 7.24. The molecule has 80 valence electrons. The molecule has 1 unspecified atom stereocenters. The first kappa shape index (κ1) is 9.98. The van der Waals surface area contributed by atoms with Crippen molar-refractivity contribution < 1.29 is 14.3 Å². The van der Waals surface area contributed by atoms with Gasteiger partial charge in [-0.2, -0.15) is 0 Å². The van der Waals surface area contributed by atoms with E-state index in [-0.39, 0.29) is 18.4 Å². The van der Waals surface area contributed by atoms with E-state index in [2.05, 4.69) is 0 Å². The lowest BCUT2D eigenvalue weighted by atomic mass is 10.1. The summed E-state index contributed by atoms with van der Waals surface area (Å²) in [5.41, 5.74) is 5.98. The van der Waals surface area contributed by atoms with E-state index >= 15 is 0 Å². The molecule has 0 saturated carbocycles. The molecule has 0 bridgehead atoms. The van der Waals surface area contributed by atoms with Crippen LogP contribution in [0.5, 0.6) is 5.75 Å². The predicted molar refractivity (Wildman–Crippen MR) is 54.6 cm³/mol. The number of ether oxygens (including phenoxy) is 2. The number of hydrogen-bond acceptors (Lipinski definition) is 3. The molecule has 1 saturated heterocycles. The third-order valence-electron chi connectivity index (χ3n) is 2.14. The molecule has 2 rings (SSSR count). The van der Waals surface area contributed by atoms with Crippen LogP contribution in [0.4, 0.5) is 0 Å². The number of rotatable bonds is 5. The Labute approximate surface area is 88.0 Å². The summed E-state index contributed by atoms with van der Waals surface area (Å²) >= 11 is 0. The molecule has 2 N–H and O–H groups in total. The zero-order valence-corrected chi connectivity index (χ0v) is 8.31. The van der Waals surface area contributed by atoms with Gasteiger partial charge in [0.2, 0.25) is 5.91 Å². The molecule has 15 heavy (non-hydrogen) atoms. The number of carbonyl (C=O) groups is 1. The SMILES string of the molecule is NC(=O)Cc1ccc(OCC2CO2)cc1. The van der Waals surface area contributed by atoms with Gasteiger partial charge < -0.3 is 15.2 Å². The van der Waals surface area contributed by atoms with Gasteiger partial charge in [0.1, 0.15) is 18.5 Å². The van der Waals surface area contributed by atoms with E-state index in [1.807, 2.05) is 24.3 Å². The largest absolute Gasteiger partial charge is 0.491 e. The maximum atomic E-state index is 10.7. The van der Waals surface area contributed by atoms with Crippen molar-refractivity contribution in [1.29, 1.82) is 0 Å². The number of benzene rings is 1. The number of amides is 1. The van der Waals surface area contributed by atoms with E-state index in [0.29, 0.717) is 6.61 Å². The molecule has 1 aromatic rings. The van der Waals surface area contributed by atoms with Crippen molar-refractivity contribution >= 4 is 5.91 Å². The van der Waals surface area contributed by atoms with Crippen molar-refractivity contribution in [3.05, 3.63) is 29.8 Å². The van der Waals surface area contributed by atoms with Gasteiger partial charge in [-0.05, 0) is 17.7 Å². The highest BCUT2D eigenvalue weighted by Gasteiger charge is 2.22. The van der Waals surface area contributed by atoms with Gasteiger partial charge in [0.25, 0.3) is 0 Å². The average molecular weight is 207 g/mol. The van der Waals surface area contributed by atoms with Gasteiger partial charge in [0.05, 0.1) is 13.0 Å². The highest BCUT2D eigenvalue weighted by atomic mass is 16.6. The minimum Gasteiger partial charge on any atom is -0.491 e. The smallest absolute Gasteiger partial charge is 0.221 e. The Bertz CT molecular complexity index is 343. The first-order valence-electron chi connectivity index (χ1n) is 4.85. The molecule has 1 aliphatic rings. The summed E-state index contributed by atoms with van der Waals surface area (Å²) in [7, 11) is 0. The Balaban J connectivity index is 1.87. The minimum atomic E-state index is -0.324. The van der Waals surface area contributed by atoms with Crippen LogP contribution in [0, 0.1) is 0 Å². The fourth-order valence-corrected chi connectivity index (χ4v) is 1.26. The maximum absolute atomic E-state index is 10.7. The third kappa shape index (κ3) is 3.25. The normalized spacial score (nSPS) is 18.5. The van der Waals surface area contributed by atoms with Crippen LogP contribution in [0.25, 0.3) is 0 Å². The minimum absolute atomic E-state index is 0.260. The molecule has 0 radical (unpaired) electrons. The average Bonchev–Trinajstić information content (AvgIpc) is 2.99. The molecule has 1 atom stereocenters. The van der Waals surface area contributed by atoms with Gasteiger partial charge in [-0.15, -0.1) is 0 Å². The van der Waals surface area contributed by atoms with Crippen molar-refractivity contribution in [2.45, 2.75) is 12.5 Å². The van der Waals surface area contributed by atoms with E-state index in [9.17, 15) is 4.79 Å². The molecule has 1 heterocycles. The third-order valence-corrected chi connectivity index (χ3v) is 2.14. The predicted octanol–water partition coefficient (Wildman–Crippen LogP) is 0.492. The Hall–Kier alpha value is -1.55. The van der Waals surface area contributed by atoms with E-state index in [4.69, 9.17) is 15.2 Å². The van der Waals surface area contributed by atoms with Crippen molar-refractivity contribution in [1.82, 2.24) is 0 Å². The van der Waals surface area contributed by atoms with Gasteiger partial charge in [-0.3, -0.25) is 4.79 Å². The summed E-state index contributed by atoms with van der Waals surface area (Å²) < 4.78 is 10.5. The summed E-state index contributed by atoms with van der Waals surface area (Å²) in [6.45, 7) is 1.38. The zero-order chi connectivity index (χ0) is 10.7. The summed E-state index contributed by atoms with van der Waals surface area (Å²) in [6.07, 6.45) is 0.529. The molecule has 1 amide bonds. The molecule has 1 aliphatic heterocycles. The van der Waals surface area contributed by atoms with Crippen molar-refractivity contribution in [3.8, 4) is 5.75 Å². The lowest BCUT2D eigenvalue weighted by molar-refractivity contribution is -0.117. The molecular formula is C11H13NO3. The van der Waals surface area contributed by atoms with E-state index in [1.165, 1.54) is 0 Å². The molecule has 1 aromatic carbocycles. The Morgan fingerprint density at radius 3 is 2.67 bits per heavy atom. The van der Waals surface area contributed by atoms with E-state index in [0.717, 1.165) is 17.9 Å². The van der Waals surface area contributed by atoms with Gasteiger partial charge in [-0.25, -0.2) is 0 Å². The summed E-state index contributed by atoms with van der Waals surface area (Å²) in [6, 6.07) is 7.35. The number of epoxide rings is 1. The lowest BCUT2D eigenvalue weighted by Crippen LogP contribution is -2.13. The number of hydrogen-bond donors (Lipinski definition) is 1. The van der Waals surface area contributed by atoms with Crippen LogP contribution >= 0.6 is 0 Å². The van der Waals surface area contributed by atoms with Gasteiger partial charge in [0, 0.05) is 0 Å². The van der Waals surface area contributed by atoms with E-state index < -0.39 is 0 Å².